The van der Waals surface area contributed by atoms with Crippen molar-refractivity contribution in [1.82, 2.24) is 4.90 Å². The number of methoxy groups -OCH3 is 1. The molecule has 3 heteroatoms. The van der Waals surface area contributed by atoms with Gasteiger partial charge in [0, 0.05) is 44.4 Å². The van der Waals surface area contributed by atoms with Gasteiger partial charge in [-0.3, -0.25) is 4.90 Å². The third-order valence-corrected chi connectivity index (χ3v) is 4.86. The third kappa shape index (κ3) is 2.99. The van der Waals surface area contributed by atoms with Gasteiger partial charge in [-0.05, 0) is 37.3 Å². The number of ether oxygens (including phenoxy) is 1. The number of rotatable bonds is 7. The fraction of sp³-hybridized carbons (Fsp3) is 0.647. The second-order valence-electron chi connectivity index (χ2n) is 6.23. The molecule has 3 rings (SSSR count). The summed E-state index contributed by atoms with van der Waals surface area (Å²) >= 11 is 0. The Morgan fingerprint density at radius 1 is 1.35 bits per heavy atom. The highest BCUT2D eigenvalue weighted by Gasteiger charge is 2.34. The topological polar surface area (TPSA) is 24.5 Å². The molecule has 1 fully saturated rings. The molecule has 1 aromatic rings. The lowest BCUT2D eigenvalue weighted by atomic mass is 9.99. The van der Waals surface area contributed by atoms with Crippen molar-refractivity contribution < 1.29 is 4.74 Å². The molecule has 0 spiro atoms. The highest BCUT2D eigenvalue weighted by atomic mass is 16.5. The number of benzene rings is 1. The van der Waals surface area contributed by atoms with E-state index in [1.165, 1.54) is 24.1 Å². The van der Waals surface area contributed by atoms with E-state index in [0.29, 0.717) is 12.0 Å². The zero-order valence-corrected chi connectivity index (χ0v) is 12.6. The number of anilines is 1. The molecule has 2 aliphatic rings. The van der Waals surface area contributed by atoms with E-state index in [1.807, 2.05) is 0 Å². The number of nitrogens with zero attached hydrogens (tertiary/aromatic N) is 1. The molecule has 20 heavy (non-hydrogen) atoms. The maximum atomic E-state index is 5.30. The molecule has 0 aromatic heterocycles. The molecule has 1 aliphatic heterocycles. The molecule has 1 heterocycles. The maximum Gasteiger partial charge on any atom is 0.0589 e. The predicted molar refractivity (Wildman–Crippen MR) is 83.3 cm³/mol. The van der Waals surface area contributed by atoms with Gasteiger partial charge in [0.15, 0.2) is 0 Å². The van der Waals surface area contributed by atoms with Crippen LogP contribution in [0.5, 0.6) is 0 Å². The first-order chi connectivity index (χ1) is 9.79. The zero-order valence-electron chi connectivity index (χ0n) is 12.6. The van der Waals surface area contributed by atoms with E-state index in [9.17, 15) is 0 Å². The molecule has 1 N–H and O–H groups in total. The summed E-state index contributed by atoms with van der Waals surface area (Å²) in [5.74, 6) is 1.53. The lowest BCUT2D eigenvalue weighted by Crippen LogP contribution is -2.40. The Morgan fingerprint density at radius 2 is 2.15 bits per heavy atom. The van der Waals surface area contributed by atoms with E-state index in [-0.39, 0.29) is 0 Å². The van der Waals surface area contributed by atoms with Crippen molar-refractivity contribution in [1.29, 1.82) is 0 Å². The second kappa shape index (κ2) is 6.15. The van der Waals surface area contributed by atoms with Gasteiger partial charge in [0.25, 0.3) is 0 Å². The van der Waals surface area contributed by atoms with Crippen molar-refractivity contribution in [3.8, 4) is 0 Å². The minimum atomic E-state index is 0.615. The summed E-state index contributed by atoms with van der Waals surface area (Å²) < 4.78 is 5.30. The molecular weight excluding hydrogens is 248 g/mol. The van der Waals surface area contributed by atoms with E-state index >= 15 is 0 Å². The number of nitrogens with one attached hydrogen (secondary N) is 1. The van der Waals surface area contributed by atoms with Crippen LogP contribution in [0.4, 0.5) is 5.69 Å². The molecule has 1 saturated carbocycles. The summed E-state index contributed by atoms with van der Waals surface area (Å²) in [6.07, 6.45) is 2.81. The van der Waals surface area contributed by atoms with Gasteiger partial charge in [-0.1, -0.05) is 18.2 Å². The van der Waals surface area contributed by atoms with Crippen molar-refractivity contribution in [3.63, 3.8) is 0 Å². The second-order valence-corrected chi connectivity index (χ2v) is 6.23. The van der Waals surface area contributed by atoms with Crippen LogP contribution in [0.3, 0.4) is 0 Å². The first-order valence-electron chi connectivity index (χ1n) is 7.85. The molecule has 0 bridgehead atoms. The highest BCUT2D eigenvalue weighted by molar-refractivity contribution is 5.57. The molecule has 3 nitrogen and oxygen atoms in total. The van der Waals surface area contributed by atoms with Gasteiger partial charge in [0.1, 0.15) is 0 Å². The van der Waals surface area contributed by atoms with Crippen molar-refractivity contribution >= 4 is 5.69 Å². The first-order valence-corrected chi connectivity index (χ1v) is 7.85. The zero-order chi connectivity index (χ0) is 13.9. The highest BCUT2D eigenvalue weighted by Crippen LogP contribution is 2.37. The van der Waals surface area contributed by atoms with Gasteiger partial charge < -0.3 is 10.1 Å². The van der Waals surface area contributed by atoms with Gasteiger partial charge in [0.2, 0.25) is 0 Å². The molecular formula is C17H26N2O. The summed E-state index contributed by atoms with van der Waals surface area (Å²) in [5.41, 5.74) is 2.81. The van der Waals surface area contributed by atoms with E-state index in [4.69, 9.17) is 4.74 Å². The lowest BCUT2D eigenvalue weighted by Gasteiger charge is -2.31. The number of fused-ring (bicyclic) bond motifs is 1. The quantitative estimate of drug-likeness (QED) is 0.827. The van der Waals surface area contributed by atoms with Crippen molar-refractivity contribution in [2.45, 2.75) is 31.7 Å². The first kappa shape index (κ1) is 13.9. The summed E-state index contributed by atoms with van der Waals surface area (Å²) in [4.78, 5) is 2.63. The average molecular weight is 274 g/mol. The van der Waals surface area contributed by atoms with E-state index in [1.54, 1.807) is 7.11 Å². The molecule has 110 valence electrons. The number of hydrogen-bond donors (Lipinski definition) is 1. The molecule has 0 radical (unpaired) electrons. The third-order valence-electron chi connectivity index (χ3n) is 4.86. The van der Waals surface area contributed by atoms with Crippen LogP contribution >= 0.6 is 0 Å². The summed E-state index contributed by atoms with van der Waals surface area (Å²) in [6.45, 7) is 6.48. The predicted octanol–water partition coefficient (Wildman–Crippen LogP) is 2.94. The smallest absolute Gasteiger partial charge is 0.0589 e. The van der Waals surface area contributed by atoms with Crippen LogP contribution in [-0.2, 0) is 4.74 Å². The Bertz CT molecular complexity index is 444. The SMILES string of the molecule is COCCN(CC1CNc2ccccc21)C(C)C1CC1. The van der Waals surface area contributed by atoms with Gasteiger partial charge in [-0.25, -0.2) is 0 Å². The van der Waals surface area contributed by atoms with Gasteiger partial charge >= 0.3 is 0 Å². The Hall–Kier alpha value is -1.06. The van der Waals surface area contributed by atoms with E-state index < -0.39 is 0 Å². The fourth-order valence-electron chi connectivity index (χ4n) is 3.35. The minimum Gasteiger partial charge on any atom is -0.384 e. The molecule has 1 aliphatic carbocycles. The molecule has 0 saturated heterocycles. The standard InChI is InChI=1S/C17H26N2O/c1-13(14-7-8-14)19(9-10-20-2)12-15-11-18-17-6-4-3-5-16(15)17/h3-6,13-15,18H,7-12H2,1-2H3. The van der Waals surface area contributed by atoms with Gasteiger partial charge in [0.05, 0.1) is 6.61 Å². The van der Waals surface area contributed by atoms with Crippen molar-refractivity contribution in [2.24, 2.45) is 5.92 Å². The molecule has 2 atom stereocenters. The average Bonchev–Trinajstić information content (AvgIpc) is 3.25. The Balaban J connectivity index is 1.66. The van der Waals surface area contributed by atoms with Crippen LogP contribution in [0.2, 0.25) is 0 Å². The minimum absolute atomic E-state index is 0.615. The van der Waals surface area contributed by atoms with Crippen LogP contribution in [0.15, 0.2) is 24.3 Å². The lowest BCUT2D eigenvalue weighted by molar-refractivity contribution is 0.113. The van der Waals surface area contributed by atoms with Crippen LogP contribution in [0.25, 0.3) is 0 Å². The molecule has 0 amide bonds. The maximum absolute atomic E-state index is 5.30. The van der Waals surface area contributed by atoms with Gasteiger partial charge in [-0.2, -0.15) is 0 Å². The summed E-state index contributed by atoms with van der Waals surface area (Å²) in [5, 5.41) is 3.54. The Morgan fingerprint density at radius 3 is 2.90 bits per heavy atom. The largest absolute Gasteiger partial charge is 0.384 e. The molecule has 2 unspecified atom stereocenters. The van der Waals surface area contributed by atoms with Crippen molar-refractivity contribution in [3.05, 3.63) is 29.8 Å². The molecule has 1 aromatic carbocycles. The van der Waals surface area contributed by atoms with Crippen molar-refractivity contribution in [2.75, 3.05) is 38.7 Å². The fourth-order valence-corrected chi connectivity index (χ4v) is 3.35. The Labute approximate surface area is 122 Å². The van der Waals surface area contributed by atoms with Crippen LogP contribution in [-0.4, -0.2) is 44.3 Å². The van der Waals surface area contributed by atoms with E-state index in [2.05, 4.69) is 41.4 Å². The van der Waals surface area contributed by atoms with E-state index in [0.717, 1.165) is 32.2 Å². The van der Waals surface area contributed by atoms with Crippen LogP contribution < -0.4 is 5.32 Å². The van der Waals surface area contributed by atoms with Crippen LogP contribution in [0.1, 0.15) is 31.2 Å². The summed E-state index contributed by atoms with van der Waals surface area (Å²) in [6, 6.07) is 9.43. The Kier molecular flexibility index (Phi) is 4.27. The number of para-hydroxylation sites is 1. The normalized spacial score (nSPS) is 22.6. The van der Waals surface area contributed by atoms with Gasteiger partial charge in [-0.15, -0.1) is 0 Å². The monoisotopic (exact) mass is 274 g/mol. The number of hydrogen-bond acceptors (Lipinski definition) is 3. The summed E-state index contributed by atoms with van der Waals surface area (Å²) in [7, 11) is 1.80. The van der Waals surface area contributed by atoms with Crippen LogP contribution in [0, 0.1) is 5.92 Å².